The van der Waals surface area contributed by atoms with Gasteiger partial charge in [-0.2, -0.15) is 13.2 Å². The maximum atomic E-state index is 13.0. The van der Waals surface area contributed by atoms with E-state index in [0.717, 1.165) is 23.1 Å². The van der Waals surface area contributed by atoms with Gasteiger partial charge in [0.2, 0.25) is 6.41 Å². The lowest BCUT2D eigenvalue weighted by molar-refractivity contribution is -0.144. The number of carboxylic acid groups (broad SMARTS) is 1. The van der Waals surface area contributed by atoms with Crippen LogP contribution in [-0.2, 0) is 25.6 Å². The Kier molecular flexibility index (Phi) is 4.38. The van der Waals surface area contributed by atoms with Crippen LogP contribution in [-0.4, -0.2) is 48.6 Å². The van der Waals surface area contributed by atoms with Gasteiger partial charge >= 0.3 is 12.1 Å². The summed E-state index contributed by atoms with van der Waals surface area (Å²) in [4.78, 5) is 21.7. The molecule has 1 N–H and O–H groups in total. The Labute approximate surface area is 129 Å². The molecule has 0 unspecified atom stereocenters. The number of rotatable bonds is 4. The van der Waals surface area contributed by atoms with Crippen LogP contribution in [0, 0.1) is 0 Å². The van der Waals surface area contributed by atoms with Gasteiger partial charge in [-0.05, 0) is 18.6 Å². The Hall–Kier alpha value is -2.10. The van der Waals surface area contributed by atoms with E-state index >= 15 is 0 Å². The molecule has 0 spiro atoms. The molecular formula is C13H12F3NO5S. The van der Waals surface area contributed by atoms with Crippen molar-refractivity contribution in [2.75, 3.05) is 6.54 Å². The maximum Gasteiger partial charge on any atom is 0.417 e. The first-order valence-corrected chi connectivity index (χ1v) is 7.97. The monoisotopic (exact) mass is 351 g/mol. The molecule has 0 radical (unpaired) electrons. The van der Waals surface area contributed by atoms with Crippen LogP contribution in [0.2, 0.25) is 0 Å². The molecule has 1 saturated heterocycles. The largest absolute Gasteiger partial charge is 0.480 e. The van der Waals surface area contributed by atoms with Gasteiger partial charge in [0.1, 0.15) is 6.04 Å². The summed E-state index contributed by atoms with van der Waals surface area (Å²) < 4.78 is 64.0. The number of carboxylic acids is 1. The Balaban J connectivity index is 2.45. The second-order valence-corrected chi connectivity index (χ2v) is 7.25. The number of carbonyl (C=O) groups is 2. The molecule has 1 aliphatic rings. The number of amides is 1. The lowest BCUT2D eigenvalue weighted by Crippen LogP contribution is -2.34. The molecule has 1 fully saturated rings. The second kappa shape index (κ2) is 5.84. The van der Waals surface area contributed by atoms with Gasteiger partial charge < -0.3 is 10.0 Å². The number of alkyl halides is 3. The van der Waals surface area contributed by atoms with Crippen LogP contribution >= 0.6 is 0 Å². The topological polar surface area (TPSA) is 91.8 Å². The Bertz CT molecular complexity index is 731. The smallest absolute Gasteiger partial charge is 0.417 e. The first-order chi connectivity index (χ1) is 10.6. The van der Waals surface area contributed by atoms with Crippen molar-refractivity contribution in [2.24, 2.45) is 0 Å². The van der Waals surface area contributed by atoms with Crippen molar-refractivity contribution < 1.29 is 36.3 Å². The van der Waals surface area contributed by atoms with Gasteiger partial charge in [0.05, 0.1) is 15.7 Å². The number of benzene rings is 1. The minimum Gasteiger partial charge on any atom is -0.480 e. The summed E-state index contributed by atoms with van der Waals surface area (Å²) in [7, 11) is -4.45. The Morgan fingerprint density at radius 1 is 1.30 bits per heavy atom. The van der Waals surface area contributed by atoms with Gasteiger partial charge in [-0.25, -0.2) is 13.2 Å². The predicted molar refractivity (Wildman–Crippen MR) is 71.2 cm³/mol. The average Bonchev–Trinajstić information content (AvgIpc) is 2.91. The Morgan fingerprint density at radius 3 is 2.39 bits per heavy atom. The van der Waals surface area contributed by atoms with Crippen LogP contribution in [0.25, 0.3) is 0 Å². The van der Waals surface area contributed by atoms with E-state index in [1.54, 1.807) is 0 Å². The van der Waals surface area contributed by atoms with Crippen molar-refractivity contribution in [3.63, 3.8) is 0 Å². The molecule has 1 heterocycles. The van der Waals surface area contributed by atoms with E-state index in [4.69, 9.17) is 5.11 Å². The molecule has 1 aliphatic heterocycles. The number of carbonyl (C=O) groups excluding carboxylic acids is 1. The maximum absolute atomic E-state index is 13.0. The van der Waals surface area contributed by atoms with Gasteiger partial charge in [0, 0.05) is 6.54 Å². The molecule has 23 heavy (non-hydrogen) atoms. The number of likely N-dealkylation sites (tertiary alicyclic amines) is 1. The summed E-state index contributed by atoms with van der Waals surface area (Å²) in [5.74, 6) is -1.40. The number of aliphatic carboxylic acids is 1. The standard InChI is InChI=1S/C13H12F3NO5S/c14-13(15,16)9-3-1-2-4-11(9)23(21,22)8-5-10(12(19)20)17(6-8)7-18/h1-4,7-8,10H,5-6H2,(H,19,20)/t8-,10+/m1/s1. The van der Waals surface area contributed by atoms with Gasteiger partial charge in [-0.1, -0.05) is 12.1 Å². The van der Waals surface area contributed by atoms with Crippen LogP contribution in [0.5, 0.6) is 0 Å². The second-order valence-electron chi connectivity index (χ2n) is 5.05. The van der Waals surface area contributed by atoms with Crippen molar-refractivity contribution in [3.8, 4) is 0 Å². The highest BCUT2D eigenvalue weighted by Gasteiger charge is 2.45. The van der Waals surface area contributed by atoms with Crippen LogP contribution in [0.3, 0.4) is 0 Å². The fraction of sp³-hybridized carbons (Fsp3) is 0.385. The molecule has 10 heteroatoms. The summed E-state index contributed by atoms with van der Waals surface area (Å²) in [6.45, 7) is -0.463. The third-order valence-electron chi connectivity index (χ3n) is 3.66. The van der Waals surface area contributed by atoms with E-state index in [1.807, 2.05) is 0 Å². The van der Waals surface area contributed by atoms with E-state index in [9.17, 15) is 31.2 Å². The predicted octanol–water partition coefficient (Wildman–Crippen LogP) is 1.16. The van der Waals surface area contributed by atoms with Gasteiger partial charge in [-0.3, -0.25) is 4.79 Å². The van der Waals surface area contributed by atoms with Crippen LogP contribution < -0.4 is 0 Å². The quantitative estimate of drug-likeness (QED) is 0.822. The van der Waals surface area contributed by atoms with Gasteiger partial charge in [-0.15, -0.1) is 0 Å². The average molecular weight is 351 g/mol. The zero-order chi connectivity index (χ0) is 17.4. The third kappa shape index (κ3) is 3.16. The first kappa shape index (κ1) is 17.3. The van der Waals surface area contributed by atoms with E-state index < -0.39 is 56.7 Å². The summed E-state index contributed by atoms with van der Waals surface area (Å²) in [5.41, 5.74) is -1.31. The third-order valence-corrected chi connectivity index (χ3v) is 5.85. The number of nitrogens with zero attached hydrogens (tertiary/aromatic N) is 1. The molecule has 126 valence electrons. The fourth-order valence-electron chi connectivity index (χ4n) is 2.53. The fourth-order valence-corrected chi connectivity index (χ4v) is 4.46. The Morgan fingerprint density at radius 2 is 1.91 bits per heavy atom. The van der Waals surface area contributed by atoms with Gasteiger partial charge in [0.15, 0.2) is 9.84 Å². The zero-order valence-corrected chi connectivity index (χ0v) is 12.3. The van der Waals surface area contributed by atoms with E-state index in [-0.39, 0.29) is 6.41 Å². The summed E-state index contributed by atoms with van der Waals surface area (Å²) in [5, 5.41) is 7.57. The van der Waals surface area contributed by atoms with Crippen molar-refractivity contribution in [1.29, 1.82) is 0 Å². The molecule has 0 aliphatic carbocycles. The molecule has 0 aromatic heterocycles. The lowest BCUT2D eigenvalue weighted by Gasteiger charge is -2.16. The minimum atomic E-state index is -4.86. The van der Waals surface area contributed by atoms with E-state index in [1.165, 1.54) is 0 Å². The summed E-state index contributed by atoms with van der Waals surface area (Å²) in [6, 6.07) is 2.33. The van der Waals surface area contributed by atoms with Crippen molar-refractivity contribution in [2.45, 2.75) is 28.8 Å². The van der Waals surface area contributed by atoms with Crippen molar-refractivity contribution in [3.05, 3.63) is 29.8 Å². The molecule has 1 amide bonds. The van der Waals surface area contributed by atoms with Crippen LogP contribution in [0.1, 0.15) is 12.0 Å². The van der Waals surface area contributed by atoms with Crippen molar-refractivity contribution in [1.82, 2.24) is 4.90 Å². The minimum absolute atomic E-state index is 0.184. The highest BCUT2D eigenvalue weighted by Crippen LogP contribution is 2.37. The molecule has 2 rings (SSSR count). The van der Waals surface area contributed by atoms with Crippen LogP contribution in [0.4, 0.5) is 13.2 Å². The van der Waals surface area contributed by atoms with E-state index in [2.05, 4.69) is 0 Å². The molecule has 2 atom stereocenters. The van der Waals surface area contributed by atoms with Crippen molar-refractivity contribution >= 4 is 22.2 Å². The lowest BCUT2D eigenvalue weighted by atomic mass is 10.2. The molecule has 0 saturated carbocycles. The molecule has 1 aromatic rings. The first-order valence-electron chi connectivity index (χ1n) is 6.43. The number of hydrogen-bond acceptors (Lipinski definition) is 4. The molecule has 0 bridgehead atoms. The van der Waals surface area contributed by atoms with Crippen LogP contribution in [0.15, 0.2) is 29.2 Å². The van der Waals surface area contributed by atoms with E-state index in [0.29, 0.717) is 6.07 Å². The highest BCUT2D eigenvalue weighted by molar-refractivity contribution is 7.92. The number of hydrogen-bond donors (Lipinski definition) is 1. The van der Waals surface area contributed by atoms with Gasteiger partial charge in [0.25, 0.3) is 0 Å². The SMILES string of the molecule is O=CN1C[C@H](S(=O)(=O)c2ccccc2C(F)(F)F)C[C@H]1C(=O)O. The summed E-state index contributed by atoms with van der Waals surface area (Å²) >= 11 is 0. The molecule has 1 aromatic carbocycles. The number of sulfone groups is 1. The zero-order valence-electron chi connectivity index (χ0n) is 11.5. The normalized spacial score (nSPS) is 22.1. The molecular weight excluding hydrogens is 339 g/mol. The molecule has 6 nitrogen and oxygen atoms in total. The number of halogens is 3. The highest BCUT2D eigenvalue weighted by atomic mass is 32.2. The summed E-state index contributed by atoms with van der Waals surface area (Å²) in [6.07, 6.45) is -5.13.